The summed E-state index contributed by atoms with van der Waals surface area (Å²) in [5.41, 5.74) is -0.124. The first-order valence-electron chi connectivity index (χ1n) is 6.16. The van der Waals surface area contributed by atoms with E-state index in [0.717, 1.165) is 9.80 Å². The predicted molar refractivity (Wildman–Crippen MR) is 78.6 cm³/mol. The van der Waals surface area contributed by atoms with Crippen molar-refractivity contribution in [2.24, 2.45) is 0 Å². The molecule has 8 heteroatoms. The van der Waals surface area contributed by atoms with Gasteiger partial charge in [0.2, 0.25) is 0 Å². The molecular weight excluding hydrogens is 312 g/mol. The molecule has 1 N–H and O–H groups in total. The standard InChI is InChI=1S/C14H13ClN2O5/c1-16-12(19)9(13(20)17(2)14(16)21)5-7-4-8(15)6-10(22-3)11(7)18/h4-6,18H,1-3H3. The van der Waals surface area contributed by atoms with E-state index in [1.54, 1.807) is 0 Å². The number of barbiturate groups is 1. The van der Waals surface area contributed by atoms with Crippen LogP contribution in [0.1, 0.15) is 5.56 Å². The molecule has 0 radical (unpaired) electrons. The zero-order chi connectivity index (χ0) is 16.6. The molecule has 1 fully saturated rings. The van der Waals surface area contributed by atoms with Crippen LogP contribution in [0.2, 0.25) is 5.02 Å². The van der Waals surface area contributed by atoms with Crippen LogP contribution in [0, 0.1) is 0 Å². The van der Waals surface area contributed by atoms with Crippen molar-refractivity contribution in [1.29, 1.82) is 0 Å². The summed E-state index contributed by atoms with van der Waals surface area (Å²) in [6, 6.07) is 2.05. The van der Waals surface area contributed by atoms with E-state index < -0.39 is 17.8 Å². The number of likely N-dealkylation sites (N-methyl/N-ethyl adjacent to an activating group) is 2. The molecule has 0 aromatic heterocycles. The highest BCUT2D eigenvalue weighted by molar-refractivity contribution is 6.32. The van der Waals surface area contributed by atoms with Gasteiger partial charge in [0.1, 0.15) is 5.57 Å². The monoisotopic (exact) mass is 324 g/mol. The molecule has 1 aromatic rings. The highest BCUT2D eigenvalue weighted by atomic mass is 35.5. The molecular formula is C14H13ClN2O5. The first kappa shape index (κ1) is 15.8. The van der Waals surface area contributed by atoms with Crippen molar-refractivity contribution in [2.45, 2.75) is 0 Å². The number of ether oxygens (including phenoxy) is 1. The predicted octanol–water partition coefficient (Wildman–Crippen LogP) is 1.49. The van der Waals surface area contributed by atoms with Crippen molar-refractivity contribution >= 4 is 35.5 Å². The number of carbonyl (C=O) groups is 3. The Hall–Kier alpha value is -2.54. The lowest BCUT2D eigenvalue weighted by atomic mass is 10.1. The van der Waals surface area contributed by atoms with E-state index in [1.165, 1.54) is 39.4 Å². The fraction of sp³-hybridized carbons (Fsp3) is 0.214. The third-order valence-corrected chi connectivity index (χ3v) is 3.45. The van der Waals surface area contributed by atoms with E-state index in [9.17, 15) is 19.5 Å². The van der Waals surface area contributed by atoms with E-state index in [1.807, 2.05) is 0 Å². The van der Waals surface area contributed by atoms with Gasteiger partial charge in [-0.15, -0.1) is 0 Å². The van der Waals surface area contributed by atoms with Crippen LogP contribution in [0.5, 0.6) is 11.5 Å². The van der Waals surface area contributed by atoms with Crippen LogP contribution in [0.15, 0.2) is 17.7 Å². The van der Waals surface area contributed by atoms with Crippen LogP contribution in [-0.4, -0.2) is 54.0 Å². The molecule has 0 unspecified atom stereocenters. The summed E-state index contributed by atoms with van der Waals surface area (Å²) in [7, 11) is 3.87. The first-order valence-corrected chi connectivity index (χ1v) is 6.54. The van der Waals surface area contributed by atoms with Gasteiger partial charge in [-0.2, -0.15) is 0 Å². The Labute approximate surface area is 131 Å². The Balaban J connectivity index is 2.57. The van der Waals surface area contributed by atoms with Crippen molar-refractivity contribution in [3.05, 3.63) is 28.3 Å². The fourth-order valence-corrected chi connectivity index (χ4v) is 2.21. The number of methoxy groups -OCH3 is 1. The van der Waals surface area contributed by atoms with Crippen LogP contribution in [0.4, 0.5) is 4.79 Å². The number of hydrogen-bond donors (Lipinski definition) is 1. The molecule has 1 aliphatic heterocycles. The van der Waals surface area contributed by atoms with Crippen LogP contribution >= 0.6 is 11.6 Å². The van der Waals surface area contributed by atoms with Crippen molar-refractivity contribution in [3.8, 4) is 11.5 Å². The molecule has 1 aliphatic rings. The van der Waals surface area contributed by atoms with E-state index in [4.69, 9.17) is 16.3 Å². The van der Waals surface area contributed by atoms with Crippen LogP contribution in [0.25, 0.3) is 6.08 Å². The summed E-state index contributed by atoms with van der Waals surface area (Å²) < 4.78 is 4.96. The summed E-state index contributed by atoms with van der Waals surface area (Å²) in [5, 5.41) is 10.3. The lowest BCUT2D eigenvalue weighted by Gasteiger charge is -2.28. The number of phenols is 1. The number of nitrogens with zero attached hydrogens (tertiary/aromatic N) is 2. The maximum absolute atomic E-state index is 12.1. The van der Waals surface area contributed by atoms with Gasteiger partial charge in [0, 0.05) is 30.7 Å². The maximum atomic E-state index is 12.1. The second-order valence-electron chi connectivity index (χ2n) is 4.61. The summed E-state index contributed by atoms with van der Waals surface area (Å²) in [5.74, 6) is -1.67. The molecule has 2 rings (SSSR count). The van der Waals surface area contributed by atoms with Crippen LogP contribution in [0.3, 0.4) is 0 Å². The molecule has 1 saturated heterocycles. The van der Waals surface area contributed by atoms with E-state index >= 15 is 0 Å². The Morgan fingerprint density at radius 2 is 1.68 bits per heavy atom. The molecule has 116 valence electrons. The van der Waals surface area contributed by atoms with Crippen molar-refractivity contribution in [1.82, 2.24) is 9.80 Å². The minimum Gasteiger partial charge on any atom is -0.504 e. The Kier molecular flexibility index (Phi) is 4.09. The molecule has 0 atom stereocenters. The summed E-state index contributed by atoms with van der Waals surface area (Å²) in [6.07, 6.45) is 1.17. The number of carbonyl (C=O) groups excluding carboxylic acids is 3. The molecule has 22 heavy (non-hydrogen) atoms. The minimum absolute atomic E-state index is 0.104. The highest BCUT2D eigenvalue weighted by Gasteiger charge is 2.38. The summed E-state index contributed by atoms with van der Waals surface area (Å²) in [4.78, 5) is 37.5. The summed E-state index contributed by atoms with van der Waals surface area (Å²) >= 11 is 5.91. The zero-order valence-electron chi connectivity index (χ0n) is 12.1. The van der Waals surface area contributed by atoms with E-state index in [2.05, 4.69) is 0 Å². The van der Waals surface area contributed by atoms with Crippen LogP contribution < -0.4 is 4.74 Å². The largest absolute Gasteiger partial charge is 0.504 e. The number of aromatic hydroxyl groups is 1. The summed E-state index contributed by atoms with van der Waals surface area (Å²) in [6.45, 7) is 0. The van der Waals surface area contributed by atoms with Crippen LogP contribution in [-0.2, 0) is 9.59 Å². The Morgan fingerprint density at radius 1 is 1.14 bits per heavy atom. The van der Waals surface area contributed by atoms with Gasteiger partial charge >= 0.3 is 6.03 Å². The first-order chi connectivity index (χ1) is 10.3. The topological polar surface area (TPSA) is 87.2 Å². The Morgan fingerprint density at radius 3 is 2.18 bits per heavy atom. The second-order valence-corrected chi connectivity index (χ2v) is 5.05. The molecule has 1 heterocycles. The minimum atomic E-state index is -0.758. The fourth-order valence-electron chi connectivity index (χ4n) is 1.99. The molecule has 0 aliphatic carbocycles. The lowest BCUT2D eigenvalue weighted by molar-refractivity contribution is -0.134. The lowest BCUT2D eigenvalue weighted by Crippen LogP contribution is -2.52. The second kappa shape index (κ2) is 5.69. The van der Waals surface area contributed by atoms with Crippen molar-refractivity contribution < 1.29 is 24.2 Å². The third kappa shape index (κ3) is 2.50. The van der Waals surface area contributed by atoms with E-state index in [0.29, 0.717) is 0 Å². The number of amides is 4. The van der Waals surface area contributed by atoms with E-state index in [-0.39, 0.29) is 27.7 Å². The van der Waals surface area contributed by atoms with Crippen molar-refractivity contribution in [3.63, 3.8) is 0 Å². The molecule has 0 bridgehead atoms. The number of hydrogen-bond acceptors (Lipinski definition) is 5. The maximum Gasteiger partial charge on any atom is 0.333 e. The SMILES string of the molecule is COc1cc(Cl)cc(C=C2C(=O)N(C)C(=O)N(C)C2=O)c1O. The normalized spacial score (nSPS) is 15.5. The van der Waals surface area contributed by atoms with Gasteiger partial charge in [-0.3, -0.25) is 19.4 Å². The van der Waals surface area contributed by atoms with Gasteiger partial charge in [0.05, 0.1) is 7.11 Å². The van der Waals surface area contributed by atoms with Gasteiger partial charge in [-0.05, 0) is 12.1 Å². The molecule has 4 amide bonds. The van der Waals surface area contributed by atoms with Gasteiger partial charge in [0.15, 0.2) is 11.5 Å². The quantitative estimate of drug-likeness (QED) is 0.658. The smallest absolute Gasteiger partial charge is 0.333 e. The van der Waals surface area contributed by atoms with Gasteiger partial charge in [0.25, 0.3) is 11.8 Å². The molecule has 0 saturated carbocycles. The average molecular weight is 325 g/mol. The number of imide groups is 2. The third-order valence-electron chi connectivity index (χ3n) is 3.23. The number of urea groups is 1. The molecule has 1 aromatic carbocycles. The van der Waals surface area contributed by atoms with Crippen molar-refractivity contribution in [2.75, 3.05) is 21.2 Å². The highest BCUT2D eigenvalue weighted by Crippen LogP contribution is 2.35. The van der Waals surface area contributed by atoms with Gasteiger partial charge < -0.3 is 9.84 Å². The van der Waals surface area contributed by atoms with Gasteiger partial charge in [-0.25, -0.2) is 4.79 Å². The molecule has 7 nitrogen and oxygen atoms in total. The number of halogens is 1. The van der Waals surface area contributed by atoms with Gasteiger partial charge in [-0.1, -0.05) is 11.6 Å². The average Bonchev–Trinajstić information content (AvgIpc) is 2.50. The number of rotatable bonds is 2. The number of phenolic OH excluding ortho intramolecular Hbond substituents is 1. The Bertz CT molecular complexity index is 687. The number of benzene rings is 1. The molecule has 0 spiro atoms. The zero-order valence-corrected chi connectivity index (χ0v) is 12.8.